The molecule has 1 aliphatic heterocycles. The van der Waals surface area contributed by atoms with E-state index in [1.54, 1.807) is 0 Å². The van der Waals surface area contributed by atoms with Gasteiger partial charge in [-0.1, -0.05) is 25.8 Å². The predicted molar refractivity (Wildman–Crippen MR) is 76.7 cm³/mol. The van der Waals surface area contributed by atoms with Gasteiger partial charge in [-0.15, -0.1) is 0 Å². The van der Waals surface area contributed by atoms with Gasteiger partial charge in [0.15, 0.2) is 0 Å². The average Bonchev–Trinajstić information content (AvgIpc) is 2.62. The van der Waals surface area contributed by atoms with Gasteiger partial charge in [0.05, 0.1) is 0 Å². The quantitative estimate of drug-likeness (QED) is 0.541. The predicted octanol–water partition coefficient (Wildman–Crippen LogP) is 2.25. The second-order valence-corrected chi connectivity index (χ2v) is 5.10. The Morgan fingerprint density at radius 3 is 2.79 bits per heavy atom. The molecule has 108 valence electrons. The molecule has 0 unspecified atom stereocenters. The summed E-state index contributed by atoms with van der Waals surface area (Å²) in [4.78, 5) is 24.7. The van der Waals surface area contributed by atoms with Gasteiger partial charge in [0, 0.05) is 26.1 Å². The van der Waals surface area contributed by atoms with Gasteiger partial charge in [0.25, 0.3) is 0 Å². The molecule has 0 bridgehead atoms. The summed E-state index contributed by atoms with van der Waals surface area (Å²) in [6, 6.07) is 0. The first-order valence-electron chi connectivity index (χ1n) is 7.42. The summed E-state index contributed by atoms with van der Waals surface area (Å²) in [7, 11) is 0. The van der Waals surface area contributed by atoms with E-state index >= 15 is 0 Å². The maximum atomic E-state index is 11.8. The Morgan fingerprint density at radius 1 is 1.21 bits per heavy atom. The summed E-state index contributed by atoms with van der Waals surface area (Å²) < 4.78 is 0. The molecule has 1 heterocycles. The van der Waals surface area contributed by atoms with Crippen molar-refractivity contribution in [2.75, 3.05) is 19.6 Å². The van der Waals surface area contributed by atoms with E-state index < -0.39 is 0 Å². The summed E-state index contributed by atoms with van der Waals surface area (Å²) in [5, 5.41) is 2.77. The van der Waals surface area contributed by atoms with Crippen molar-refractivity contribution in [3.63, 3.8) is 0 Å². The first-order chi connectivity index (χ1) is 9.24. The van der Waals surface area contributed by atoms with E-state index in [1.165, 1.54) is 12.5 Å². The van der Waals surface area contributed by atoms with Crippen LogP contribution in [0, 0.1) is 0 Å². The molecule has 4 heteroatoms. The number of hydrogen-bond donors (Lipinski definition) is 1. The first-order valence-corrected chi connectivity index (χ1v) is 7.42. The maximum absolute atomic E-state index is 11.8. The second kappa shape index (κ2) is 9.59. The molecule has 0 atom stereocenters. The van der Waals surface area contributed by atoms with Crippen LogP contribution in [0.15, 0.2) is 12.7 Å². The molecule has 0 saturated carbocycles. The number of nitrogens with zero attached hydrogens (tertiary/aromatic N) is 1. The third-order valence-corrected chi connectivity index (χ3v) is 3.51. The maximum Gasteiger partial charge on any atom is 0.243 e. The third-order valence-electron chi connectivity index (χ3n) is 3.51. The number of carbonyl (C=O) groups is 2. The Morgan fingerprint density at radius 2 is 2.00 bits per heavy atom. The molecule has 4 nitrogen and oxygen atoms in total. The van der Waals surface area contributed by atoms with Crippen LogP contribution >= 0.6 is 0 Å². The molecule has 1 fully saturated rings. The monoisotopic (exact) mass is 266 g/mol. The smallest absolute Gasteiger partial charge is 0.243 e. The Bertz CT molecular complexity index is 303. The zero-order chi connectivity index (χ0) is 13.9. The molecular weight excluding hydrogens is 240 g/mol. The second-order valence-electron chi connectivity index (χ2n) is 5.10. The molecule has 0 radical (unpaired) electrons. The lowest BCUT2D eigenvalue weighted by atomic mass is 10.2. The van der Waals surface area contributed by atoms with Crippen molar-refractivity contribution in [3.05, 3.63) is 12.7 Å². The van der Waals surface area contributed by atoms with Gasteiger partial charge >= 0.3 is 0 Å². The minimum Gasteiger partial charge on any atom is -0.353 e. The summed E-state index contributed by atoms with van der Waals surface area (Å²) in [5.74, 6) is 0.228. The Hall–Kier alpha value is -1.32. The normalized spacial score (nSPS) is 16.0. The van der Waals surface area contributed by atoms with Crippen LogP contribution in [-0.2, 0) is 9.59 Å². The Balaban J connectivity index is 1.99. The van der Waals surface area contributed by atoms with E-state index in [-0.39, 0.29) is 5.91 Å². The molecule has 1 N–H and O–H groups in total. The fraction of sp³-hybridized carbons (Fsp3) is 0.733. The minimum absolute atomic E-state index is 0.102. The van der Waals surface area contributed by atoms with Crippen LogP contribution in [0.2, 0.25) is 0 Å². The van der Waals surface area contributed by atoms with Gasteiger partial charge in [-0.3, -0.25) is 9.59 Å². The lowest BCUT2D eigenvalue weighted by Gasteiger charge is -2.20. The zero-order valence-corrected chi connectivity index (χ0v) is 11.8. The van der Waals surface area contributed by atoms with Gasteiger partial charge in [0.2, 0.25) is 11.8 Å². The van der Waals surface area contributed by atoms with Crippen molar-refractivity contribution in [2.24, 2.45) is 0 Å². The molecule has 1 saturated heterocycles. The van der Waals surface area contributed by atoms with Crippen molar-refractivity contribution in [3.8, 4) is 0 Å². The molecular formula is C15H26N2O2. The highest BCUT2D eigenvalue weighted by Crippen LogP contribution is 2.12. The van der Waals surface area contributed by atoms with Crippen LogP contribution in [-0.4, -0.2) is 36.3 Å². The largest absolute Gasteiger partial charge is 0.353 e. The zero-order valence-electron chi connectivity index (χ0n) is 11.8. The lowest BCUT2D eigenvalue weighted by Crippen LogP contribution is -2.31. The van der Waals surface area contributed by atoms with Gasteiger partial charge in [0.1, 0.15) is 0 Å². The van der Waals surface area contributed by atoms with Crippen LogP contribution in [0.25, 0.3) is 0 Å². The minimum atomic E-state index is -0.102. The highest BCUT2D eigenvalue weighted by molar-refractivity contribution is 5.86. The number of carbonyl (C=O) groups excluding carboxylic acids is 2. The van der Waals surface area contributed by atoms with E-state index in [4.69, 9.17) is 0 Å². The van der Waals surface area contributed by atoms with E-state index in [1.807, 2.05) is 4.90 Å². The number of nitrogens with one attached hydrogen (secondary N) is 1. The van der Waals surface area contributed by atoms with Gasteiger partial charge in [-0.05, 0) is 31.8 Å². The molecule has 0 aromatic heterocycles. The van der Waals surface area contributed by atoms with Crippen molar-refractivity contribution in [1.29, 1.82) is 0 Å². The fourth-order valence-electron chi connectivity index (χ4n) is 2.34. The number of hydrogen-bond acceptors (Lipinski definition) is 2. The molecule has 0 aromatic carbocycles. The van der Waals surface area contributed by atoms with Crippen molar-refractivity contribution < 1.29 is 9.59 Å². The highest BCUT2D eigenvalue weighted by Gasteiger charge is 2.15. The van der Waals surface area contributed by atoms with E-state index in [0.717, 1.165) is 58.0 Å². The Labute approximate surface area is 116 Å². The summed E-state index contributed by atoms with van der Waals surface area (Å²) in [6.45, 7) is 5.96. The molecule has 2 amide bonds. The summed E-state index contributed by atoms with van der Waals surface area (Å²) in [6.07, 6.45) is 9.70. The van der Waals surface area contributed by atoms with Gasteiger partial charge in [-0.2, -0.15) is 0 Å². The lowest BCUT2D eigenvalue weighted by molar-refractivity contribution is -0.130. The summed E-state index contributed by atoms with van der Waals surface area (Å²) >= 11 is 0. The molecule has 1 rings (SSSR count). The number of rotatable bonds is 8. The highest BCUT2D eigenvalue weighted by atomic mass is 16.2. The van der Waals surface area contributed by atoms with Gasteiger partial charge < -0.3 is 10.2 Å². The standard InChI is InChI=1S/C15H26N2O2/c1-2-14(18)16-11-7-3-4-8-12-17-13-9-5-6-10-15(17)19/h2H,1,3-13H2,(H,16,18). The molecule has 19 heavy (non-hydrogen) atoms. The molecule has 1 aliphatic rings. The number of amides is 2. The SMILES string of the molecule is C=CC(=O)NCCCCCCN1CCCCCC1=O. The van der Waals surface area contributed by atoms with Gasteiger partial charge in [-0.25, -0.2) is 0 Å². The number of likely N-dealkylation sites (tertiary alicyclic amines) is 1. The van der Waals surface area contributed by atoms with E-state index in [0.29, 0.717) is 12.5 Å². The van der Waals surface area contributed by atoms with Crippen molar-refractivity contribution in [2.45, 2.75) is 51.4 Å². The van der Waals surface area contributed by atoms with Crippen LogP contribution < -0.4 is 5.32 Å². The Kier molecular flexibility index (Phi) is 7.94. The number of unbranched alkanes of at least 4 members (excludes halogenated alkanes) is 3. The topological polar surface area (TPSA) is 49.4 Å². The van der Waals surface area contributed by atoms with Crippen LogP contribution in [0.1, 0.15) is 51.4 Å². The van der Waals surface area contributed by atoms with Crippen molar-refractivity contribution in [1.82, 2.24) is 10.2 Å². The average molecular weight is 266 g/mol. The van der Waals surface area contributed by atoms with E-state index in [9.17, 15) is 9.59 Å². The molecule has 0 spiro atoms. The summed E-state index contributed by atoms with van der Waals surface area (Å²) in [5.41, 5.74) is 0. The molecule has 0 aromatic rings. The van der Waals surface area contributed by atoms with Crippen molar-refractivity contribution >= 4 is 11.8 Å². The third kappa shape index (κ3) is 6.99. The van der Waals surface area contributed by atoms with Crippen LogP contribution in [0.5, 0.6) is 0 Å². The van der Waals surface area contributed by atoms with Crippen LogP contribution in [0.3, 0.4) is 0 Å². The van der Waals surface area contributed by atoms with E-state index in [2.05, 4.69) is 11.9 Å². The molecule has 0 aliphatic carbocycles. The first kappa shape index (κ1) is 15.7. The van der Waals surface area contributed by atoms with Crippen LogP contribution in [0.4, 0.5) is 0 Å². The fourth-order valence-corrected chi connectivity index (χ4v) is 2.34.